The molecule has 2 aromatic carbocycles. The molecule has 2 N–H and O–H groups in total. The van der Waals surface area contributed by atoms with Crippen LogP contribution in [0.15, 0.2) is 36.4 Å². The molecule has 0 heterocycles. The molecule has 5 heteroatoms. The lowest BCUT2D eigenvalue weighted by molar-refractivity contribution is 0.0993. The topological polar surface area (TPSA) is 43.1 Å². The Bertz CT molecular complexity index is 617. The number of halogens is 3. The molecule has 0 saturated carbocycles. The maximum atomic E-state index is 12.1. The monoisotopic (exact) mass is 313 g/mol. The molecule has 0 atom stereocenters. The molecular formula is C14H10Cl3NO. The minimum Gasteiger partial charge on any atom is -0.396 e. The predicted octanol–water partition coefficient (Wildman–Crippen LogP) is 4.65. The molecule has 19 heavy (non-hydrogen) atoms. The molecule has 0 amide bonds. The summed E-state index contributed by atoms with van der Waals surface area (Å²) in [7, 11) is 0. The van der Waals surface area contributed by atoms with Crippen molar-refractivity contribution in [1.82, 2.24) is 0 Å². The van der Waals surface area contributed by atoms with E-state index in [-0.39, 0.29) is 27.9 Å². The summed E-state index contributed by atoms with van der Waals surface area (Å²) in [5.41, 5.74) is 7.18. The molecule has 0 aromatic heterocycles. The first-order valence-electron chi connectivity index (χ1n) is 5.49. The normalized spacial score (nSPS) is 10.5. The smallest absolute Gasteiger partial charge is 0.167 e. The predicted molar refractivity (Wildman–Crippen MR) is 80.4 cm³/mol. The van der Waals surface area contributed by atoms with Crippen LogP contribution in [0.1, 0.15) is 15.9 Å². The molecule has 0 bridgehead atoms. The van der Waals surface area contributed by atoms with E-state index in [0.29, 0.717) is 10.6 Å². The number of hydrogen-bond acceptors (Lipinski definition) is 2. The zero-order valence-corrected chi connectivity index (χ0v) is 12.1. The van der Waals surface area contributed by atoms with Gasteiger partial charge in [0.05, 0.1) is 15.7 Å². The van der Waals surface area contributed by atoms with E-state index in [0.717, 1.165) is 5.56 Å². The molecule has 0 aliphatic rings. The number of hydrogen-bond donors (Lipinski definition) is 1. The first-order valence-corrected chi connectivity index (χ1v) is 6.63. The van der Waals surface area contributed by atoms with Gasteiger partial charge in [0.25, 0.3) is 0 Å². The Morgan fingerprint density at radius 2 is 1.68 bits per heavy atom. The van der Waals surface area contributed by atoms with Crippen LogP contribution in [0.5, 0.6) is 0 Å². The molecule has 98 valence electrons. The van der Waals surface area contributed by atoms with Crippen molar-refractivity contribution in [1.29, 1.82) is 0 Å². The maximum Gasteiger partial charge on any atom is 0.167 e. The largest absolute Gasteiger partial charge is 0.396 e. The van der Waals surface area contributed by atoms with Gasteiger partial charge in [-0.15, -0.1) is 0 Å². The van der Waals surface area contributed by atoms with Crippen LogP contribution in [-0.4, -0.2) is 5.78 Å². The second kappa shape index (κ2) is 5.83. The fourth-order valence-electron chi connectivity index (χ4n) is 1.68. The first kappa shape index (κ1) is 14.2. The Morgan fingerprint density at radius 1 is 1.05 bits per heavy atom. The van der Waals surface area contributed by atoms with Crippen LogP contribution in [0.4, 0.5) is 5.69 Å². The fraction of sp³-hybridized carbons (Fsp3) is 0.0714. The Morgan fingerprint density at radius 3 is 2.26 bits per heavy atom. The van der Waals surface area contributed by atoms with Crippen LogP contribution in [0, 0.1) is 0 Å². The number of anilines is 1. The average Bonchev–Trinajstić information content (AvgIpc) is 2.35. The Balaban J connectivity index is 2.25. The Labute approximate surface area is 126 Å². The van der Waals surface area contributed by atoms with Crippen molar-refractivity contribution in [3.63, 3.8) is 0 Å². The van der Waals surface area contributed by atoms with Crippen LogP contribution >= 0.6 is 34.8 Å². The van der Waals surface area contributed by atoms with Crippen LogP contribution in [0.25, 0.3) is 0 Å². The van der Waals surface area contributed by atoms with Gasteiger partial charge in [0.1, 0.15) is 0 Å². The summed E-state index contributed by atoms with van der Waals surface area (Å²) in [6.07, 6.45) is 0.233. The van der Waals surface area contributed by atoms with Crippen molar-refractivity contribution >= 4 is 46.3 Å². The third-order valence-corrected chi connectivity index (χ3v) is 3.52. The summed E-state index contributed by atoms with van der Waals surface area (Å²) < 4.78 is 0. The van der Waals surface area contributed by atoms with Gasteiger partial charge in [-0.3, -0.25) is 4.79 Å². The van der Waals surface area contributed by atoms with E-state index >= 15 is 0 Å². The van der Waals surface area contributed by atoms with E-state index in [2.05, 4.69) is 0 Å². The SMILES string of the molecule is Nc1c(Cl)cc(C(=O)Cc2cccc(Cl)c2)cc1Cl. The lowest BCUT2D eigenvalue weighted by Crippen LogP contribution is -2.04. The number of nitrogens with two attached hydrogens (primary N) is 1. The number of Topliss-reactive ketones (excluding diaryl/α,β-unsaturated/α-hetero) is 1. The van der Waals surface area contributed by atoms with Crippen LogP contribution < -0.4 is 5.73 Å². The van der Waals surface area contributed by atoms with Gasteiger partial charge in [-0.25, -0.2) is 0 Å². The number of nitrogen functional groups attached to an aromatic ring is 1. The summed E-state index contributed by atoms with van der Waals surface area (Å²) >= 11 is 17.7. The molecule has 0 aliphatic heterocycles. The van der Waals surface area contributed by atoms with E-state index in [9.17, 15) is 4.79 Å². The lowest BCUT2D eigenvalue weighted by Gasteiger charge is -2.06. The minimum absolute atomic E-state index is 0.0916. The number of benzene rings is 2. The highest BCUT2D eigenvalue weighted by molar-refractivity contribution is 6.39. The third kappa shape index (κ3) is 3.41. The molecule has 2 nitrogen and oxygen atoms in total. The van der Waals surface area contributed by atoms with Gasteiger partial charge in [-0.2, -0.15) is 0 Å². The fourth-order valence-corrected chi connectivity index (χ4v) is 2.38. The highest BCUT2D eigenvalue weighted by atomic mass is 35.5. The van der Waals surface area contributed by atoms with Gasteiger partial charge in [0.15, 0.2) is 5.78 Å². The van der Waals surface area contributed by atoms with Crippen molar-refractivity contribution in [2.75, 3.05) is 5.73 Å². The zero-order chi connectivity index (χ0) is 14.0. The van der Waals surface area contributed by atoms with Crippen molar-refractivity contribution < 1.29 is 4.79 Å². The van der Waals surface area contributed by atoms with Crippen molar-refractivity contribution in [3.05, 3.63) is 62.6 Å². The van der Waals surface area contributed by atoms with Crippen LogP contribution in [-0.2, 0) is 6.42 Å². The van der Waals surface area contributed by atoms with Crippen molar-refractivity contribution in [2.24, 2.45) is 0 Å². The van der Waals surface area contributed by atoms with Gasteiger partial charge >= 0.3 is 0 Å². The zero-order valence-electron chi connectivity index (χ0n) is 9.79. The molecule has 2 aromatic rings. The average molecular weight is 315 g/mol. The molecule has 2 rings (SSSR count). The molecule has 0 spiro atoms. The van der Waals surface area contributed by atoms with Gasteiger partial charge in [0.2, 0.25) is 0 Å². The highest BCUT2D eigenvalue weighted by Crippen LogP contribution is 2.29. The molecule has 0 aliphatic carbocycles. The molecule has 0 unspecified atom stereocenters. The number of ketones is 1. The maximum absolute atomic E-state index is 12.1. The summed E-state index contributed by atoms with van der Waals surface area (Å²) in [5.74, 6) is -0.0916. The van der Waals surface area contributed by atoms with Gasteiger partial charge < -0.3 is 5.73 Å². The van der Waals surface area contributed by atoms with Crippen LogP contribution in [0.2, 0.25) is 15.1 Å². The van der Waals surface area contributed by atoms with E-state index in [4.69, 9.17) is 40.5 Å². The van der Waals surface area contributed by atoms with E-state index in [1.54, 1.807) is 18.2 Å². The summed E-state index contributed by atoms with van der Waals surface area (Å²) in [6.45, 7) is 0. The second-order valence-corrected chi connectivity index (χ2v) is 5.33. The van der Waals surface area contributed by atoms with Crippen molar-refractivity contribution in [2.45, 2.75) is 6.42 Å². The highest BCUT2D eigenvalue weighted by Gasteiger charge is 2.12. The number of carbonyl (C=O) groups excluding carboxylic acids is 1. The third-order valence-electron chi connectivity index (χ3n) is 2.65. The van der Waals surface area contributed by atoms with Crippen molar-refractivity contribution in [3.8, 4) is 0 Å². The van der Waals surface area contributed by atoms with Gasteiger partial charge in [-0.05, 0) is 29.8 Å². The quantitative estimate of drug-likeness (QED) is 0.661. The van der Waals surface area contributed by atoms with Gasteiger partial charge in [0, 0.05) is 17.0 Å². The van der Waals surface area contributed by atoms with E-state index in [1.165, 1.54) is 12.1 Å². The number of rotatable bonds is 3. The van der Waals surface area contributed by atoms with E-state index in [1.807, 2.05) is 6.07 Å². The summed E-state index contributed by atoms with van der Waals surface area (Å²) in [5, 5.41) is 1.16. The molecule has 0 saturated heterocycles. The van der Waals surface area contributed by atoms with Gasteiger partial charge in [-0.1, -0.05) is 46.9 Å². The molecule has 0 radical (unpaired) electrons. The standard InChI is InChI=1S/C14H10Cl3NO/c15-10-3-1-2-8(4-10)5-13(19)9-6-11(16)14(18)12(17)7-9/h1-4,6-7H,5,18H2. The molecular weight excluding hydrogens is 305 g/mol. The summed E-state index contributed by atoms with van der Waals surface area (Å²) in [4.78, 5) is 12.1. The summed E-state index contributed by atoms with van der Waals surface area (Å²) in [6, 6.07) is 10.2. The Hall–Kier alpha value is -1.22. The lowest BCUT2D eigenvalue weighted by atomic mass is 10.0. The van der Waals surface area contributed by atoms with E-state index < -0.39 is 0 Å². The number of carbonyl (C=O) groups is 1. The molecule has 0 fully saturated rings. The second-order valence-electron chi connectivity index (χ2n) is 4.08. The minimum atomic E-state index is -0.0916. The Kier molecular flexibility index (Phi) is 4.35. The van der Waals surface area contributed by atoms with Crippen LogP contribution in [0.3, 0.4) is 0 Å². The first-order chi connectivity index (χ1) is 8.97.